The second-order valence-electron chi connectivity index (χ2n) is 4.81. The van der Waals surface area contributed by atoms with Gasteiger partial charge in [0.1, 0.15) is 5.75 Å². The molecule has 0 fully saturated rings. The predicted molar refractivity (Wildman–Crippen MR) is 80.9 cm³/mol. The van der Waals surface area contributed by atoms with Crippen LogP contribution in [0.5, 0.6) is 5.75 Å². The highest BCUT2D eigenvalue weighted by Gasteiger charge is 2.15. The molecule has 23 heavy (non-hydrogen) atoms. The van der Waals surface area contributed by atoms with Crippen LogP contribution in [0.2, 0.25) is 0 Å². The van der Waals surface area contributed by atoms with Crippen LogP contribution in [-0.4, -0.2) is 12.5 Å². The van der Waals surface area contributed by atoms with Crippen molar-refractivity contribution < 1.29 is 22.7 Å². The second kappa shape index (κ2) is 7.67. The molecular weight excluding hydrogens is 307 g/mol. The van der Waals surface area contributed by atoms with Gasteiger partial charge in [-0.25, -0.2) is 13.2 Å². The molecule has 2 rings (SSSR count). The van der Waals surface area contributed by atoms with E-state index >= 15 is 0 Å². The summed E-state index contributed by atoms with van der Waals surface area (Å²) in [6, 6.07) is 9.02. The van der Waals surface area contributed by atoms with E-state index in [-0.39, 0.29) is 12.1 Å². The maximum absolute atomic E-state index is 13.5. The maximum atomic E-state index is 13.5. The van der Waals surface area contributed by atoms with Crippen LogP contribution in [-0.2, 0) is 11.2 Å². The highest BCUT2D eigenvalue weighted by Crippen LogP contribution is 2.22. The third-order valence-electron chi connectivity index (χ3n) is 3.20. The number of nitrogens with one attached hydrogen (secondary N) is 1. The molecule has 0 aromatic heterocycles. The molecule has 122 valence electrons. The Hall–Kier alpha value is -2.50. The summed E-state index contributed by atoms with van der Waals surface area (Å²) in [5.74, 6) is -4.13. The minimum Gasteiger partial charge on any atom is -0.494 e. The molecular formula is C17H16F3NO2. The van der Waals surface area contributed by atoms with E-state index in [9.17, 15) is 18.0 Å². The first kappa shape index (κ1) is 16.9. The zero-order chi connectivity index (χ0) is 16.8. The molecule has 2 aromatic carbocycles. The Morgan fingerprint density at radius 3 is 2.57 bits per heavy atom. The molecule has 0 unspecified atom stereocenters. The van der Waals surface area contributed by atoms with Gasteiger partial charge in [-0.15, -0.1) is 0 Å². The minimum absolute atomic E-state index is 0.0581. The Morgan fingerprint density at radius 1 is 1.09 bits per heavy atom. The molecule has 0 saturated heterocycles. The number of hydrogen-bond acceptors (Lipinski definition) is 2. The monoisotopic (exact) mass is 323 g/mol. The van der Waals surface area contributed by atoms with Crippen molar-refractivity contribution in [3.63, 3.8) is 0 Å². The number of hydrogen-bond donors (Lipinski definition) is 1. The molecule has 0 saturated carbocycles. The topological polar surface area (TPSA) is 38.3 Å². The van der Waals surface area contributed by atoms with Crippen molar-refractivity contribution in [2.75, 3.05) is 11.9 Å². The van der Waals surface area contributed by atoms with E-state index in [0.717, 1.165) is 17.7 Å². The highest BCUT2D eigenvalue weighted by atomic mass is 19.2. The van der Waals surface area contributed by atoms with E-state index in [1.165, 1.54) is 0 Å². The fraction of sp³-hybridized carbons (Fsp3) is 0.235. The summed E-state index contributed by atoms with van der Waals surface area (Å²) in [5, 5.41) is 2.24. The van der Waals surface area contributed by atoms with Crippen LogP contribution in [0.3, 0.4) is 0 Å². The molecule has 2 aromatic rings. The van der Waals surface area contributed by atoms with Crippen LogP contribution in [0, 0.1) is 17.5 Å². The van der Waals surface area contributed by atoms with E-state index in [0.29, 0.717) is 18.8 Å². The lowest BCUT2D eigenvalue weighted by atomic mass is 10.1. The molecule has 6 heteroatoms. The number of halogens is 3. The van der Waals surface area contributed by atoms with Crippen molar-refractivity contribution in [2.45, 2.75) is 19.8 Å². The van der Waals surface area contributed by atoms with Gasteiger partial charge in [0.2, 0.25) is 5.91 Å². The van der Waals surface area contributed by atoms with Gasteiger partial charge < -0.3 is 10.1 Å². The van der Waals surface area contributed by atoms with E-state index < -0.39 is 23.4 Å². The van der Waals surface area contributed by atoms with Gasteiger partial charge in [0.25, 0.3) is 0 Å². The predicted octanol–water partition coefficient (Wildman–Crippen LogP) is 4.07. The summed E-state index contributed by atoms with van der Waals surface area (Å²) in [6.07, 6.45) is 0.440. The van der Waals surface area contributed by atoms with Crippen molar-refractivity contribution in [1.29, 1.82) is 0 Å². The molecule has 0 radical (unpaired) electrons. The fourth-order valence-corrected chi connectivity index (χ4v) is 2.09. The van der Waals surface area contributed by atoms with Crippen molar-refractivity contribution >= 4 is 11.6 Å². The molecule has 0 bridgehead atoms. The number of aryl methyl sites for hydroxylation is 1. The summed E-state index contributed by atoms with van der Waals surface area (Å²) in [4.78, 5) is 11.9. The average molecular weight is 323 g/mol. The molecule has 1 amide bonds. The molecule has 0 aliphatic carbocycles. The third kappa shape index (κ3) is 4.25. The number of amides is 1. The summed E-state index contributed by atoms with van der Waals surface area (Å²) < 4.78 is 44.9. The summed E-state index contributed by atoms with van der Waals surface area (Å²) in [7, 11) is 0. The standard InChI is InChI=1S/C17H16F3NO2/c1-2-23-14-6-4-3-5-11(14)7-10-15(22)21-13-9-8-12(18)16(19)17(13)20/h3-6,8-9H,2,7,10H2,1H3,(H,21,22). The van der Waals surface area contributed by atoms with Gasteiger partial charge in [-0.05, 0) is 37.1 Å². The first-order valence-electron chi connectivity index (χ1n) is 7.17. The van der Waals surface area contributed by atoms with E-state index in [4.69, 9.17) is 4.74 Å². The van der Waals surface area contributed by atoms with Crippen molar-refractivity contribution in [3.05, 3.63) is 59.4 Å². The first-order chi connectivity index (χ1) is 11.0. The van der Waals surface area contributed by atoms with Crippen LogP contribution in [0.4, 0.5) is 18.9 Å². The van der Waals surface area contributed by atoms with Crippen LogP contribution < -0.4 is 10.1 Å². The molecule has 0 heterocycles. The normalized spacial score (nSPS) is 10.4. The Bertz CT molecular complexity index is 704. The van der Waals surface area contributed by atoms with Gasteiger partial charge in [-0.1, -0.05) is 18.2 Å². The lowest BCUT2D eigenvalue weighted by Gasteiger charge is -2.10. The third-order valence-corrected chi connectivity index (χ3v) is 3.20. The Kier molecular flexibility index (Phi) is 5.62. The van der Waals surface area contributed by atoms with Crippen LogP contribution in [0.15, 0.2) is 36.4 Å². The number of carbonyl (C=O) groups excluding carboxylic acids is 1. The largest absolute Gasteiger partial charge is 0.494 e. The molecule has 1 N–H and O–H groups in total. The molecule has 0 spiro atoms. The molecule has 0 atom stereocenters. The van der Waals surface area contributed by atoms with Gasteiger partial charge in [-0.3, -0.25) is 4.79 Å². The molecule has 3 nitrogen and oxygen atoms in total. The number of carbonyl (C=O) groups is 1. The average Bonchev–Trinajstić information content (AvgIpc) is 2.55. The number of anilines is 1. The lowest BCUT2D eigenvalue weighted by Crippen LogP contribution is -2.14. The summed E-state index contributed by atoms with van der Waals surface area (Å²) >= 11 is 0. The van der Waals surface area contributed by atoms with Crippen molar-refractivity contribution in [1.82, 2.24) is 0 Å². The minimum atomic E-state index is -1.61. The SMILES string of the molecule is CCOc1ccccc1CCC(=O)Nc1ccc(F)c(F)c1F. The maximum Gasteiger partial charge on any atom is 0.224 e. The summed E-state index contributed by atoms with van der Waals surface area (Å²) in [5.41, 5.74) is 0.460. The zero-order valence-electron chi connectivity index (χ0n) is 12.5. The van der Waals surface area contributed by atoms with Gasteiger partial charge in [0.15, 0.2) is 17.5 Å². The van der Waals surface area contributed by atoms with Crippen molar-refractivity contribution in [3.8, 4) is 5.75 Å². The smallest absolute Gasteiger partial charge is 0.224 e. The molecule has 0 aliphatic heterocycles. The van der Waals surface area contributed by atoms with Crippen LogP contribution >= 0.6 is 0 Å². The van der Waals surface area contributed by atoms with Gasteiger partial charge in [-0.2, -0.15) is 0 Å². The zero-order valence-corrected chi connectivity index (χ0v) is 12.5. The van der Waals surface area contributed by atoms with Crippen molar-refractivity contribution in [2.24, 2.45) is 0 Å². The molecule has 0 aliphatic rings. The number of benzene rings is 2. The number of ether oxygens (including phenoxy) is 1. The Labute approximate surface area is 132 Å². The second-order valence-corrected chi connectivity index (χ2v) is 4.81. The quantitative estimate of drug-likeness (QED) is 0.814. The number of para-hydroxylation sites is 1. The van der Waals surface area contributed by atoms with Gasteiger partial charge in [0.05, 0.1) is 12.3 Å². The van der Waals surface area contributed by atoms with Crippen LogP contribution in [0.1, 0.15) is 18.9 Å². The van der Waals surface area contributed by atoms with E-state index in [1.807, 2.05) is 25.1 Å². The highest BCUT2D eigenvalue weighted by molar-refractivity contribution is 5.91. The number of rotatable bonds is 6. The van der Waals surface area contributed by atoms with E-state index in [1.54, 1.807) is 6.07 Å². The fourth-order valence-electron chi connectivity index (χ4n) is 2.09. The van der Waals surface area contributed by atoms with Gasteiger partial charge >= 0.3 is 0 Å². The van der Waals surface area contributed by atoms with Gasteiger partial charge in [0, 0.05) is 6.42 Å². The van der Waals surface area contributed by atoms with E-state index in [2.05, 4.69) is 5.32 Å². The Morgan fingerprint density at radius 2 is 1.83 bits per heavy atom. The summed E-state index contributed by atoms with van der Waals surface area (Å²) in [6.45, 7) is 2.36. The first-order valence-corrected chi connectivity index (χ1v) is 7.17. The Balaban J connectivity index is 2.00. The lowest BCUT2D eigenvalue weighted by molar-refractivity contribution is -0.116. The van der Waals surface area contributed by atoms with Crippen LogP contribution in [0.25, 0.3) is 0 Å².